The minimum absolute atomic E-state index is 0.0941. The number of hydrogen-bond acceptors (Lipinski definition) is 3. The molecule has 1 aliphatic carbocycles. The topological polar surface area (TPSA) is 61.8 Å². The largest absolute Gasteiger partial charge is 0.333 e. The van der Waals surface area contributed by atoms with E-state index in [0.29, 0.717) is 30.7 Å². The summed E-state index contributed by atoms with van der Waals surface area (Å²) in [5.74, 6) is 1.56. The van der Waals surface area contributed by atoms with E-state index in [1.54, 1.807) is 4.90 Å². The van der Waals surface area contributed by atoms with Gasteiger partial charge in [0.2, 0.25) is 5.91 Å². The first kappa shape index (κ1) is 18.0. The molecule has 0 spiro atoms. The van der Waals surface area contributed by atoms with Gasteiger partial charge in [0.05, 0.1) is 0 Å². The Morgan fingerprint density at radius 1 is 1.30 bits per heavy atom. The molecule has 2 amide bonds. The average Bonchev–Trinajstić information content (AvgIpc) is 2.70. The highest BCUT2D eigenvalue weighted by atomic mass is 16.2. The van der Waals surface area contributed by atoms with Crippen LogP contribution < -0.4 is 5.43 Å². The number of carbonyl (C=O) groups excluding carboxylic acids is 2. The van der Waals surface area contributed by atoms with Gasteiger partial charge in [-0.25, -0.2) is 5.43 Å². The Labute approximate surface area is 139 Å². The highest BCUT2D eigenvalue weighted by molar-refractivity contribution is 5.90. The predicted molar refractivity (Wildman–Crippen MR) is 92.0 cm³/mol. The van der Waals surface area contributed by atoms with E-state index in [-0.39, 0.29) is 18.4 Å². The second-order valence-corrected chi connectivity index (χ2v) is 7.50. The Morgan fingerprint density at radius 3 is 2.83 bits per heavy atom. The van der Waals surface area contributed by atoms with Crippen molar-refractivity contribution in [3.05, 3.63) is 0 Å². The molecule has 0 aromatic carbocycles. The van der Waals surface area contributed by atoms with Crippen molar-refractivity contribution in [1.82, 2.24) is 10.3 Å². The van der Waals surface area contributed by atoms with Crippen LogP contribution in [0.15, 0.2) is 5.10 Å². The van der Waals surface area contributed by atoms with E-state index in [0.717, 1.165) is 37.8 Å². The van der Waals surface area contributed by atoms with Gasteiger partial charge in [-0.15, -0.1) is 0 Å². The molecule has 23 heavy (non-hydrogen) atoms. The second kappa shape index (κ2) is 8.46. The Morgan fingerprint density at radius 2 is 2.09 bits per heavy atom. The molecule has 0 aromatic heterocycles. The normalized spacial score (nSPS) is 28.1. The zero-order valence-electron chi connectivity index (χ0n) is 14.8. The molecule has 1 saturated carbocycles. The molecule has 2 fully saturated rings. The van der Waals surface area contributed by atoms with Crippen molar-refractivity contribution in [2.45, 2.75) is 65.7 Å². The van der Waals surface area contributed by atoms with Crippen LogP contribution in [0.2, 0.25) is 0 Å². The number of rotatable bonds is 4. The fraction of sp³-hybridized carbons (Fsp3) is 0.833. The highest BCUT2D eigenvalue weighted by Gasteiger charge is 2.27. The van der Waals surface area contributed by atoms with Gasteiger partial charge >= 0.3 is 0 Å². The maximum Gasteiger partial charge on any atom is 0.259 e. The summed E-state index contributed by atoms with van der Waals surface area (Å²) in [6.45, 7) is 7.50. The standard InChI is InChI=1S/C18H31N3O2/c1-13(2)15-9-8-14(3)11-16(15)19-20-17(22)12-21-10-6-4-5-7-18(21)23/h13-15H,4-12H2,1-3H3,(H,20,22)/t14-,15-/m1/s1. The number of hydrogen-bond donors (Lipinski definition) is 1. The molecule has 1 aliphatic heterocycles. The molecule has 5 nitrogen and oxygen atoms in total. The first-order valence-electron chi connectivity index (χ1n) is 9.10. The summed E-state index contributed by atoms with van der Waals surface area (Å²) in [4.78, 5) is 25.8. The van der Waals surface area contributed by atoms with E-state index in [1.165, 1.54) is 6.42 Å². The molecule has 1 heterocycles. The van der Waals surface area contributed by atoms with Gasteiger partial charge in [-0.05, 0) is 43.9 Å². The molecule has 130 valence electrons. The van der Waals surface area contributed by atoms with Crippen LogP contribution >= 0.6 is 0 Å². The Balaban J connectivity index is 1.91. The summed E-state index contributed by atoms with van der Waals surface area (Å²) >= 11 is 0. The van der Waals surface area contributed by atoms with Crippen molar-refractivity contribution in [3.63, 3.8) is 0 Å². The number of amides is 2. The van der Waals surface area contributed by atoms with Gasteiger partial charge < -0.3 is 4.90 Å². The summed E-state index contributed by atoms with van der Waals surface area (Å²) in [7, 11) is 0. The summed E-state index contributed by atoms with van der Waals surface area (Å²) in [6, 6.07) is 0. The second-order valence-electron chi connectivity index (χ2n) is 7.50. The number of nitrogens with zero attached hydrogens (tertiary/aromatic N) is 2. The molecule has 0 radical (unpaired) electrons. The van der Waals surface area contributed by atoms with E-state index < -0.39 is 0 Å². The van der Waals surface area contributed by atoms with Gasteiger partial charge in [0.15, 0.2) is 0 Å². The third-order valence-corrected chi connectivity index (χ3v) is 5.09. The monoisotopic (exact) mass is 321 g/mol. The molecular formula is C18H31N3O2. The molecule has 5 heteroatoms. The Kier molecular flexibility index (Phi) is 6.60. The van der Waals surface area contributed by atoms with Crippen LogP contribution in [0.1, 0.15) is 65.7 Å². The van der Waals surface area contributed by atoms with Crippen LogP contribution in [-0.4, -0.2) is 35.5 Å². The van der Waals surface area contributed by atoms with Crippen LogP contribution in [0.3, 0.4) is 0 Å². The smallest absolute Gasteiger partial charge is 0.259 e. The zero-order valence-corrected chi connectivity index (χ0v) is 14.8. The third-order valence-electron chi connectivity index (χ3n) is 5.09. The molecule has 2 atom stereocenters. The number of carbonyl (C=O) groups is 2. The van der Waals surface area contributed by atoms with Crippen molar-refractivity contribution in [1.29, 1.82) is 0 Å². The summed E-state index contributed by atoms with van der Waals surface area (Å²) < 4.78 is 0. The summed E-state index contributed by atoms with van der Waals surface area (Å²) in [5, 5.41) is 4.43. The lowest BCUT2D eigenvalue weighted by Crippen LogP contribution is -2.40. The number of hydrazone groups is 1. The van der Waals surface area contributed by atoms with Gasteiger partial charge in [-0.3, -0.25) is 9.59 Å². The van der Waals surface area contributed by atoms with Crippen molar-refractivity contribution in [3.8, 4) is 0 Å². The Bertz CT molecular complexity index is 459. The van der Waals surface area contributed by atoms with Crippen LogP contribution in [-0.2, 0) is 9.59 Å². The average molecular weight is 321 g/mol. The van der Waals surface area contributed by atoms with Gasteiger partial charge in [-0.1, -0.05) is 27.2 Å². The molecule has 1 N–H and O–H groups in total. The molecule has 1 saturated heterocycles. The maximum atomic E-state index is 12.2. The fourth-order valence-electron chi connectivity index (χ4n) is 3.64. The van der Waals surface area contributed by atoms with Gasteiger partial charge in [0, 0.05) is 24.6 Å². The lowest BCUT2D eigenvalue weighted by atomic mass is 9.76. The van der Waals surface area contributed by atoms with E-state index in [2.05, 4.69) is 31.3 Å². The maximum absolute atomic E-state index is 12.2. The number of nitrogens with one attached hydrogen (secondary N) is 1. The first-order valence-corrected chi connectivity index (χ1v) is 9.10. The third kappa shape index (κ3) is 5.33. The van der Waals surface area contributed by atoms with Crippen LogP contribution in [0.4, 0.5) is 0 Å². The number of likely N-dealkylation sites (tertiary alicyclic amines) is 1. The molecule has 0 aromatic rings. The molecule has 2 rings (SSSR count). The Hall–Kier alpha value is -1.39. The fourth-order valence-corrected chi connectivity index (χ4v) is 3.64. The quantitative estimate of drug-likeness (QED) is 0.809. The van der Waals surface area contributed by atoms with Gasteiger partial charge in [0.25, 0.3) is 5.91 Å². The minimum atomic E-state index is -0.173. The SMILES string of the molecule is CC(C)[C@H]1CC[C@@H](C)CC1=NNC(=O)CN1CCCCCC1=O. The van der Waals surface area contributed by atoms with Crippen molar-refractivity contribution >= 4 is 17.5 Å². The van der Waals surface area contributed by atoms with E-state index in [1.807, 2.05) is 0 Å². The highest BCUT2D eigenvalue weighted by Crippen LogP contribution is 2.31. The van der Waals surface area contributed by atoms with Gasteiger partial charge in [0.1, 0.15) is 6.54 Å². The van der Waals surface area contributed by atoms with E-state index >= 15 is 0 Å². The van der Waals surface area contributed by atoms with Crippen LogP contribution in [0, 0.1) is 17.8 Å². The zero-order chi connectivity index (χ0) is 16.8. The van der Waals surface area contributed by atoms with E-state index in [4.69, 9.17) is 0 Å². The van der Waals surface area contributed by atoms with Crippen LogP contribution in [0.25, 0.3) is 0 Å². The van der Waals surface area contributed by atoms with Crippen molar-refractivity contribution in [2.75, 3.05) is 13.1 Å². The molecule has 2 aliphatic rings. The van der Waals surface area contributed by atoms with Gasteiger partial charge in [-0.2, -0.15) is 5.10 Å². The van der Waals surface area contributed by atoms with E-state index in [9.17, 15) is 9.59 Å². The molecular weight excluding hydrogens is 290 g/mol. The lowest BCUT2D eigenvalue weighted by molar-refractivity contribution is -0.135. The van der Waals surface area contributed by atoms with Crippen molar-refractivity contribution < 1.29 is 9.59 Å². The summed E-state index contributed by atoms with van der Waals surface area (Å²) in [5.41, 5.74) is 3.82. The minimum Gasteiger partial charge on any atom is -0.333 e. The predicted octanol–water partition coefficient (Wildman–Crippen LogP) is 2.95. The molecule has 0 bridgehead atoms. The summed E-state index contributed by atoms with van der Waals surface area (Å²) in [6.07, 6.45) is 6.91. The van der Waals surface area contributed by atoms with Crippen molar-refractivity contribution in [2.24, 2.45) is 22.9 Å². The first-order chi connectivity index (χ1) is 11.0. The van der Waals surface area contributed by atoms with Crippen LogP contribution in [0.5, 0.6) is 0 Å². The molecule has 0 unspecified atom stereocenters. The lowest BCUT2D eigenvalue weighted by Gasteiger charge is -2.30.